The van der Waals surface area contributed by atoms with E-state index in [9.17, 15) is 14.7 Å². The van der Waals surface area contributed by atoms with Crippen LogP contribution < -0.4 is 5.73 Å². The zero-order chi connectivity index (χ0) is 18.4. The van der Waals surface area contributed by atoms with Crippen LogP contribution in [0, 0.1) is 5.92 Å². The van der Waals surface area contributed by atoms with Gasteiger partial charge in [0.2, 0.25) is 0 Å². The van der Waals surface area contributed by atoms with Crippen molar-refractivity contribution in [3.63, 3.8) is 0 Å². The van der Waals surface area contributed by atoms with E-state index in [-0.39, 0.29) is 6.54 Å². The summed E-state index contributed by atoms with van der Waals surface area (Å²) in [5.41, 5.74) is 6.92. The molecule has 0 aliphatic carbocycles. The molecule has 134 valence electrons. The molecular formula is C18H23N3O4. The molecule has 3 rings (SSSR count). The van der Waals surface area contributed by atoms with Crippen LogP contribution in [0.1, 0.15) is 32.5 Å². The number of hydrogen-bond acceptors (Lipinski definition) is 5. The van der Waals surface area contributed by atoms with E-state index in [1.54, 1.807) is 25.7 Å². The number of hydrogen-bond donors (Lipinski definition) is 3. The lowest BCUT2D eigenvalue weighted by Crippen LogP contribution is -2.66. The number of nitrogens with two attached hydrogens (primary N) is 1. The Labute approximate surface area is 145 Å². The summed E-state index contributed by atoms with van der Waals surface area (Å²) in [6, 6.07) is 8.45. The van der Waals surface area contributed by atoms with Crippen LogP contribution in [0.25, 0.3) is 10.9 Å². The molecule has 2 heterocycles. The second kappa shape index (κ2) is 6.16. The van der Waals surface area contributed by atoms with Gasteiger partial charge < -0.3 is 20.6 Å². The van der Waals surface area contributed by atoms with Crippen molar-refractivity contribution in [1.29, 1.82) is 0 Å². The summed E-state index contributed by atoms with van der Waals surface area (Å²) in [7, 11) is 0. The molecule has 7 nitrogen and oxygen atoms in total. The van der Waals surface area contributed by atoms with Gasteiger partial charge in [-0.3, -0.25) is 14.5 Å². The number of fused-ring (bicyclic) bond motifs is 1. The number of ether oxygens (including phenoxy) is 1. The normalized spacial score (nSPS) is 22.4. The monoisotopic (exact) mass is 345 g/mol. The van der Waals surface area contributed by atoms with Gasteiger partial charge in [0, 0.05) is 17.8 Å². The number of nitrogens with zero attached hydrogens (tertiary/aromatic N) is 1. The molecule has 0 radical (unpaired) electrons. The van der Waals surface area contributed by atoms with E-state index in [2.05, 4.69) is 4.98 Å². The van der Waals surface area contributed by atoms with Crippen molar-refractivity contribution < 1.29 is 19.4 Å². The van der Waals surface area contributed by atoms with E-state index in [4.69, 9.17) is 10.5 Å². The van der Waals surface area contributed by atoms with Crippen molar-refractivity contribution in [2.75, 3.05) is 6.54 Å². The first-order valence-electron chi connectivity index (χ1n) is 8.22. The molecule has 1 aromatic carbocycles. The number of benzene rings is 1. The Morgan fingerprint density at radius 2 is 2.04 bits per heavy atom. The van der Waals surface area contributed by atoms with Gasteiger partial charge in [0.1, 0.15) is 11.6 Å². The van der Waals surface area contributed by atoms with Crippen LogP contribution in [0.2, 0.25) is 0 Å². The Morgan fingerprint density at radius 1 is 1.36 bits per heavy atom. The minimum absolute atomic E-state index is 0.252. The summed E-state index contributed by atoms with van der Waals surface area (Å²) in [4.78, 5) is 28.7. The van der Waals surface area contributed by atoms with Gasteiger partial charge in [-0.1, -0.05) is 18.2 Å². The Balaban J connectivity index is 1.79. The summed E-state index contributed by atoms with van der Waals surface area (Å²) in [5, 5.41) is 10.6. The summed E-state index contributed by atoms with van der Waals surface area (Å²) < 4.78 is 5.35. The molecule has 3 atom stereocenters. The number of esters is 1. The van der Waals surface area contributed by atoms with Gasteiger partial charge in [0.05, 0.1) is 12.1 Å². The van der Waals surface area contributed by atoms with Crippen molar-refractivity contribution in [2.45, 2.75) is 38.6 Å². The van der Waals surface area contributed by atoms with Gasteiger partial charge in [-0.15, -0.1) is 0 Å². The highest BCUT2D eigenvalue weighted by Crippen LogP contribution is 2.34. The molecule has 0 unspecified atom stereocenters. The van der Waals surface area contributed by atoms with Crippen LogP contribution in [0.3, 0.4) is 0 Å². The number of carbonyl (C=O) groups excluding carboxylic acids is 1. The van der Waals surface area contributed by atoms with Crippen LogP contribution in [-0.2, 0) is 14.3 Å². The average Bonchev–Trinajstić information content (AvgIpc) is 2.91. The van der Waals surface area contributed by atoms with Gasteiger partial charge in [-0.2, -0.15) is 0 Å². The van der Waals surface area contributed by atoms with E-state index < -0.39 is 35.7 Å². The van der Waals surface area contributed by atoms with Gasteiger partial charge in [-0.05, 0) is 38.3 Å². The SMILES string of the molecule is CC(C)(C)OC(=O)[C@@H]1CN([C@H](C(=O)O)c2cc3ccccc3[nH]2)[C@@H]1N. The number of nitrogens with one attached hydrogen (secondary N) is 1. The fourth-order valence-electron chi connectivity index (χ4n) is 3.12. The third-order valence-electron chi connectivity index (χ3n) is 4.32. The summed E-state index contributed by atoms with van der Waals surface area (Å²) >= 11 is 0. The van der Waals surface area contributed by atoms with Crippen LogP contribution >= 0.6 is 0 Å². The van der Waals surface area contributed by atoms with E-state index in [1.807, 2.05) is 30.3 Å². The fraction of sp³-hybridized carbons (Fsp3) is 0.444. The fourth-order valence-corrected chi connectivity index (χ4v) is 3.12. The maximum absolute atomic E-state index is 12.2. The molecule has 4 N–H and O–H groups in total. The molecule has 1 aliphatic rings. The molecule has 25 heavy (non-hydrogen) atoms. The van der Waals surface area contributed by atoms with Crippen molar-refractivity contribution in [3.05, 3.63) is 36.0 Å². The van der Waals surface area contributed by atoms with Crippen LogP contribution in [-0.4, -0.2) is 45.2 Å². The van der Waals surface area contributed by atoms with Crippen LogP contribution in [0.5, 0.6) is 0 Å². The third kappa shape index (κ3) is 3.38. The van der Waals surface area contributed by atoms with Gasteiger partial charge in [0.25, 0.3) is 0 Å². The van der Waals surface area contributed by atoms with Crippen molar-refractivity contribution in [1.82, 2.24) is 9.88 Å². The lowest BCUT2D eigenvalue weighted by molar-refractivity contribution is -0.177. The third-order valence-corrected chi connectivity index (χ3v) is 4.32. The highest BCUT2D eigenvalue weighted by atomic mass is 16.6. The molecule has 1 aliphatic heterocycles. The Morgan fingerprint density at radius 3 is 2.60 bits per heavy atom. The molecule has 7 heteroatoms. The number of aliphatic carboxylic acids is 1. The van der Waals surface area contributed by atoms with E-state index >= 15 is 0 Å². The van der Waals surface area contributed by atoms with E-state index in [1.165, 1.54) is 0 Å². The second-order valence-electron chi connectivity index (χ2n) is 7.38. The average molecular weight is 345 g/mol. The van der Waals surface area contributed by atoms with Gasteiger partial charge >= 0.3 is 11.9 Å². The molecule has 0 amide bonds. The Kier molecular flexibility index (Phi) is 4.30. The summed E-state index contributed by atoms with van der Waals surface area (Å²) in [6.07, 6.45) is -0.692. The molecule has 1 aromatic heterocycles. The molecular weight excluding hydrogens is 322 g/mol. The Bertz CT molecular complexity index is 775. The standard InChI is InChI=1S/C18H23N3O4/c1-18(2,3)25-17(24)11-9-21(15(11)19)14(16(22)23)13-8-10-6-4-5-7-12(10)20-13/h4-8,11,14-15,20H,9,19H2,1-3H3,(H,22,23)/t11-,14+,15+/m1/s1. The van der Waals surface area contributed by atoms with Crippen molar-refractivity contribution in [2.24, 2.45) is 11.7 Å². The topological polar surface area (TPSA) is 109 Å². The lowest BCUT2D eigenvalue weighted by atomic mass is 9.92. The number of carboxylic acid groups (broad SMARTS) is 1. The van der Waals surface area contributed by atoms with Gasteiger partial charge in [-0.25, -0.2) is 0 Å². The number of carboxylic acids is 1. The maximum Gasteiger partial charge on any atom is 0.327 e. The number of likely N-dealkylation sites (tertiary alicyclic amines) is 1. The highest BCUT2D eigenvalue weighted by Gasteiger charge is 2.49. The number of para-hydroxylation sites is 1. The highest BCUT2D eigenvalue weighted by molar-refractivity contribution is 5.84. The quantitative estimate of drug-likeness (QED) is 0.730. The predicted octanol–water partition coefficient (Wildman–Crippen LogP) is 1.85. The van der Waals surface area contributed by atoms with Crippen molar-refractivity contribution >= 4 is 22.8 Å². The van der Waals surface area contributed by atoms with Crippen LogP contribution in [0.15, 0.2) is 30.3 Å². The number of aromatic amines is 1. The minimum atomic E-state index is -1.01. The molecule has 2 aromatic rings. The first kappa shape index (κ1) is 17.4. The molecule has 0 spiro atoms. The molecule has 1 saturated heterocycles. The minimum Gasteiger partial charge on any atom is -0.480 e. The van der Waals surface area contributed by atoms with Crippen LogP contribution in [0.4, 0.5) is 0 Å². The van der Waals surface area contributed by atoms with E-state index in [0.29, 0.717) is 5.69 Å². The van der Waals surface area contributed by atoms with Gasteiger partial charge in [0.15, 0.2) is 0 Å². The second-order valence-corrected chi connectivity index (χ2v) is 7.38. The summed E-state index contributed by atoms with van der Waals surface area (Å²) in [6.45, 7) is 5.62. The lowest BCUT2D eigenvalue weighted by Gasteiger charge is -2.47. The first-order valence-corrected chi connectivity index (χ1v) is 8.22. The predicted molar refractivity (Wildman–Crippen MR) is 92.7 cm³/mol. The Hall–Kier alpha value is -2.38. The number of rotatable bonds is 4. The molecule has 1 fully saturated rings. The summed E-state index contributed by atoms with van der Waals surface area (Å²) in [5.74, 6) is -1.92. The van der Waals surface area contributed by atoms with E-state index in [0.717, 1.165) is 10.9 Å². The zero-order valence-electron chi connectivity index (χ0n) is 14.5. The number of carbonyl (C=O) groups is 2. The molecule has 0 bridgehead atoms. The van der Waals surface area contributed by atoms with Crippen molar-refractivity contribution in [3.8, 4) is 0 Å². The largest absolute Gasteiger partial charge is 0.480 e. The first-order chi connectivity index (χ1) is 11.7. The molecule has 0 saturated carbocycles. The smallest absolute Gasteiger partial charge is 0.327 e. The number of aromatic nitrogens is 1. The maximum atomic E-state index is 12.2. The zero-order valence-corrected chi connectivity index (χ0v) is 14.5. The number of H-pyrrole nitrogens is 1.